The molecule has 0 unspecified atom stereocenters. The minimum absolute atomic E-state index is 0.223. The molecule has 1 rings (SSSR count). The van der Waals surface area contributed by atoms with E-state index >= 15 is 0 Å². The Morgan fingerprint density at radius 2 is 1.94 bits per heavy atom. The van der Waals surface area contributed by atoms with Crippen molar-refractivity contribution in [3.63, 3.8) is 0 Å². The molecule has 0 saturated heterocycles. The molecule has 0 radical (unpaired) electrons. The molecule has 3 N–H and O–H groups in total. The van der Waals surface area contributed by atoms with Crippen molar-refractivity contribution in [3.05, 3.63) is 0 Å². The van der Waals surface area contributed by atoms with Crippen LogP contribution in [0.4, 0.5) is 0 Å². The van der Waals surface area contributed by atoms with Crippen molar-refractivity contribution in [3.8, 4) is 0 Å². The third kappa shape index (κ3) is 5.50. The molecule has 0 aromatic carbocycles. The lowest BCUT2D eigenvalue weighted by molar-refractivity contribution is -0.122. The van der Waals surface area contributed by atoms with E-state index in [0.717, 1.165) is 38.6 Å². The quantitative estimate of drug-likeness (QED) is 0.754. The summed E-state index contributed by atoms with van der Waals surface area (Å²) in [5.41, 5.74) is 5.84. The Balaban J connectivity index is 2.09. The van der Waals surface area contributed by atoms with E-state index in [4.69, 9.17) is 5.73 Å². The Morgan fingerprint density at radius 1 is 1.31 bits per heavy atom. The van der Waals surface area contributed by atoms with Crippen LogP contribution in [0.2, 0.25) is 0 Å². The lowest BCUT2D eigenvalue weighted by Gasteiger charge is -2.25. The van der Waals surface area contributed by atoms with E-state index in [1.165, 1.54) is 0 Å². The number of hydrogen-bond donors (Lipinski definition) is 2. The average molecular weight is 226 g/mol. The SMILES string of the molecule is CC(C)CCNC(=O)CC1CCC(N)CC1. The number of nitrogens with two attached hydrogens (primary N) is 1. The van der Waals surface area contributed by atoms with E-state index in [2.05, 4.69) is 19.2 Å². The smallest absolute Gasteiger partial charge is 0.220 e. The van der Waals surface area contributed by atoms with Crippen LogP contribution < -0.4 is 11.1 Å². The normalized spacial score (nSPS) is 25.8. The van der Waals surface area contributed by atoms with Crippen molar-refractivity contribution < 1.29 is 4.79 Å². The van der Waals surface area contributed by atoms with Gasteiger partial charge in [-0.05, 0) is 43.9 Å². The summed E-state index contributed by atoms with van der Waals surface area (Å²) >= 11 is 0. The van der Waals surface area contributed by atoms with Crippen molar-refractivity contribution in [2.75, 3.05) is 6.54 Å². The van der Waals surface area contributed by atoms with E-state index in [1.54, 1.807) is 0 Å². The summed E-state index contributed by atoms with van der Waals surface area (Å²) in [6.45, 7) is 5.17. The van der Waals surface area contributed by atoms with Crippen LogP contribution in [0.15, 0.2) is 0 Å². The standard InChI is InChI=1S/C13H26N2O/c1-10(2)7-8-15-13(16)9-11-3-5-12(14)6-4-11/h10-12H,3-9,14H2,1-2H3,(H,15,16). The van der Waals surface area contributed by atoms with Gasteiger partial charge in [-0.1, -0.05) is 13.8 Å². The summed E-state index contributed by atoms with van der Waals surface area (Å²) in [5, 5.41) is 3.00. The Hall–Kier alpha value is -0.570. The summed E-state index contributed by atoms with van der Waals surface area (Å²) < 4.78 is 0. The van der Waals surface area contributed by atoms with Crippen LogP contribution in [-0.4, -0.2) is 18.5 Å². The zero-order valence-electron chi connectivity index (χ0n) is 10.7. The summed E-state index contributed by atoms with van der Waals surface area (Å²) in [5.74, 6) is 1.45. The summed E-state index contributed by atoms with van der Waals surface area (Å²) in [4.78, 5) is 11.6. The lowest BCUT2D eigenvalue weighted by Crippen LogP contribution is -2.31. The minimum atomic E-state index is 0.223. The molecular weight excluding hydrogens is 200 g/mol. The summed E-state index contributed by atoms with van der Waals surface area (Å²) in [6.07, 6.45) is 6.19. The molecule has 1 saturated carbocycles. The predicted molar refractivity (Wildman–Crippen MR) is 67.0 cm³/mol. The molecule has 1 aliphatic rings. The fraction of sp³-hybridized carbons (Fsp3) is 0.923. The van der Waals surface area contributed by atoms with Crippen molar-refractivity contribution in [1.29, 1.82) is 0 Å². The molecule has 0 bridgehead atoms. The largest absolute Gasteiger partial charge is 0.356 e. The average Bonchev–Trinajstić information content (AvgIpc) is 2.21. The van der Waals surface area contributed by atoms with Gasteiger partial charge in [-0.3, -0.25) is 4.79 Å². The van der Waals surface area contributed by atoms with Crippen LogP contribution in [0.25, 0.3) is 0 Å². The van der Waals surface area contributed by atoms with Gasteiger partial charge in [0.15, 0.2) is 0 Å². The first kappa shape index (κ1) is 13.5. The van der Waals surface area contributed by atoms with Crippen LogP contribution >= 0.6 is 0 Å². The maximum absolute atomic E-state index is 11.6. The Bertz CT molecular complexity index is 208. The second kappa shape index (κ2) is 6.89. The number of carbonyl (C=O) groups is 1. The summed E-state index contributed by atoms with van der Waals surface area (Å²) in [6, 6.07) is 0.375. The van der Waals surface area contributed by atoms with E-state index in [9.17, 15) is 4.79 Å². The van der Waals surface area contributed by atoms with Gasteiger partial charge in [-0.15, -0.1) is 0 Å². The predicted octanol–water partition coefficient (Wildman–Crippen LogP) is 2.06. The Morgan fingerprint density at radius 3 is 2.50 bits per heavy atom. The van der Waals surface area contributed by atoms with Crippen molar-refractivity contribution in [1.82, 2.24) is 5.32 Å². The van der Waals surface area contributed by atoms with Gasteiger partial charge < -0.3 is 11.1 Å². The van der Waals surface area contributed by atoms with Gasteiger partial charge in [0.2, 0.25) is 5.91 Å². The molecule has 3 heteroatoms. The highest BCUT2D eigenvalue weighted by molar-refractivity contribution is 5.76. The first-order valence-electron chi connectivity index (χ1n) is 6.60. The molecule has 0 aromatic rings. The van der Waals surface area contributed by atoms with E-state index in [-0.39, 0.29) is 5.91 Å². The molecule has 1 fully saturated rings. The topological polar surface area (TPSA) is 55.1 Å². The van der Waals surface area contributed by atoms with Gasteiger partial charge in [0.1, 0.15) is 0 Å². The monoisotopic (exact) mass is 226 g/mol. The Labute approximate surface area is 99.2 Å². The lowest BCUT2D eigenvalue weighted by atomic mass is 9.84. The molecule has 0 aromatic heterocycles. The highest BCUT2D eigenvalue weighted by Gasteiger charge is 2.20. The number of amides is 1. The van der Waals surface area contributed by atoms with Gasteiger partial charge in [0, 0.05) is 19.0 Å². The molecule has 0 spiro atoms. The highest BCUT2D eigenvalue weighted by Crippen LogP contribution is 2.25. The molecule has 16 heavy (non-hydrogen) atoms. The third-order valence-electron chi connectivity index (χ3n) is 3.41. The van der Waals surface area contributed by atoms with Crippen LogP contribution in [0.1, 0.15) is 52.4 Å². The number of rotatable bonds is 5. The van der Waals surface area contributed by atoms with Crippen LogP contribution in [0, 0.1) is 11.8 Å². The molecule has 3 nitrogen and oxygen atoms in total. The third-order valence-corrected chi connectivity index (χ3v) is 3.41. The van der Waals surface area contributed by atoms with E-state index in [1.807, 2.05) is 0 Å². The van der Waals surface area contributed by atoms with Crippen molar-refractivity contribution >= 4 is 5.91 Å². The van der Waals surface area contributed by atoms with Crippen LogP contribution in [0.3, 0.4) is 0 Å². The van der Waals surface area contributed by atoms with Gasteiger partial charge >= 0.3 is 0 Å². The van der Waals surface area contributed by atoms with Crippen molar-refractivity contribution in [2.45, 2.75) is 58.4 Å². The molecule has 0 heterocycles. The van der Waals surface area contributed by atoms with E-state index < -0.39 is 0 Å². The fourth-order valence-corrected chi connectivity index (χ4v) is 2.23. The number of carbonyl (C=O) groups excluding carboxylic acids is 1. The van der Waals surface area contributed by atoms with Gasteiger partial charge in [-0.2, -0.15) is 0 Å². The molecule has 1 amide bonds. The number of hydrogen-bond acceptors (Lipinski definition) is 2. The zero-order valence-corrected chi connectivity index (χ0v) is 10.7. The summed E-state index contributed by atoms with van der Waals surface area (Å²) in [7, 11) is 0. The first-order valence-corrected chi connectivity index (χ1v) is 6.60. The molecule has 0 atom stereocenters. The molecule has 1 aliphatic carbocycles. The maximum atomic E-state index is 11.6. The second-order valence-electron chi connectivity index (χ2n) is 5.52. The minimum Gasteiger partial charge on any atom is -0.356 e. The highest BCUT2D eigenvalue weighted by atomic mass is 16.1. The zero-order chi connectivity index (χ0) is 12.0. The van der Waals surface area contributed by atoms with Gasteiger partial charge in [-0.25, -0.2) is 0 Å². The maximum Gasteiger partial charge on any atom is 0.220 e. The van der Waals surface area contributed by atoms with Crippen molar-refractivity contribution in [2.24, 2.45) is 17.6 Å². The Kier molecular flexibility index (Phi) is 5.81. The number of nitrogens with one attached hydrogen (secondary N) is 1. The molecule has 0 aliphatic heterocycles. The molecular formula is C13H26N2O. The van der Waals surface area contributed by atoms with Crippen LogP contribution in [-0.2, 0) is 4.79 Å². The van der Waals surface area contributed by atoms with E-state index in [0.29, 0.717) is 24.3 Å². The van der Waals surface area contributed by atoms with Gasteiger partial charge in [0.05, 0.1) is 0 Å². The van der Waals surface area contributed by atoms with Gasteiger partial charge in [0.25, 0.3) is 0 Å². The van der Waals surface area contributed by atoms with Crippen LogP contribution in [0.5, 0.6) is 0 Å². The second-order valence-corrected chi connectivity index (χ2v) is 5.52. The molecule has 94 valence electrons. The first-order chi connectivity index (χ1) is 7.58. The fourth-order valence-electron chi connectivity index (χ4n) is 2.23.